The van der Waals surface area contributed by atoms with Gasteiger partial charge in [0.15, 0.2) is 5.76 Å². The summed E-state index contributed by atoms with van der Waals surface area (Å²) in [5.74, 6) is -3.93. The van der Waals surface area contributed by atoms with E-state index in [2.05, 4.69) is 5.32 Å². The first-order valence-electron chi connectivity index (χ1n) is 5.47. The van der Waals surface area contributed by atoms with Crippen LogP contribution < -0.4 is 5.32 Å². The fraction of sp³-hybridized carbons (Fsp3) is 0.0769. The normalized spacial score (nSPS) is 10.3. The summed E-state index contributed by atoms with van der Waals surface area (Å²) in [7, 11) is 0. The van der Waals surface area contributed by atoms with E-state index < -0.39 is 23.5 Å². The lowest BCUT2D eigenvalue weighted by Gasteiger charge is -2.06. The fourth-order valence-electron chi connectivity index (χ4n) is 1.49. The number of carbonyl (C=O) groups is 2. The Balaban J connectivity index is 2.23. The number of anilines is 1. The van der Waals surface area contributed by atoms with E-state index in [0.29, 0.717) is 0 Å². The van der Waals surface area contributed by atoms with Crippen LogP contribution in [0.15, 0.2) is 28.9 Å². The van der Waals surface area contributed by atoms with Crippen LogP contribution in [-0.4, -0.2) is 17.0 Å². The number of amides is 1. The Hall–Kier alpha value is -2.70. The third-order valence-corrected chi connectivity index (χ3v) is 2.57. The van der Waals surface area contributed by atoms with Crippen molar-refractivity contribution in [2.45, 2.75) is 6.92 Å². The molecule has 1 amide bonds. The molecular weight excluding hydrogens is 272 g/mol. The average Bonchev–Trinajstić information content (AvgIpc) is 2.85. The predicted molar refractivity (Wildman–Crippen MR) is 64.7 cm³/mol. The Morgan fingerprint density at radius 1 is 1.20 bits per heavy atom. The fourth-order valence-corrected chi connectivity index (χ4v) is 1.49. The number of hydrogen-bond donors (Lipinski definition) is 2. The third kappa shape index (κ3) is 2.66. The van der Waals surface area contributed by atoms with Crippen molar-refractivity contribution in [1.29, 1.82) is 0 Å². The molecule has 2 aromatic rings. The van der Waals surface area contributed by atoms with Crippen molar-refractivity contribution >= 4 is 17.6 Å². The average molecular weight is 281 g/mol. The van der Waals surface area contributed by atoms with Crippen LogP contribution in [0.25, 0.3) is 0 Å². The molecule has 0 atom stereocenters. The van der Waals surface area contributed by atoms with Gasteiger partial charge < -0.3 is 14.8 Å². The monoisotopic (exact) mass is 281 g/mol. The van der Waals surface area contributed by atoms with Crippen molar-refractivity contribution in [2.24, 2.45) is 0 Å². The minimum absolute atomic E-state index is 0.103. The summed E-state index contributed by atoms with van der Waals surface area (Å²) in [6.07, 6.45) is 0.878. The maximum Gasteiger partial charge on any atom is 0.338 e. The van der Waals surface area contributed by atoms with Crippen LogP contribution in [0.5, 0.6) is 0 Å². The second kappa shape index (κ2) is 5.12. The van der Waals surface area contributed by atoms with Crippen molar-refractivity contribution in [3.63, 3.8) is 0 Å². The van der Waals surface area contributed by atoms with Crippen LogP contribution in [-0.2, 0) is 0 Å². The van der Waals surface area contributed by atoms with Crippen molar-refractivity contribution in [3.05, 3.63) is 53.0 Å². The van der Waals surface area contributed by atoms with Gasteiger partial charge in [-0.15, -0.1) is 0 Å². The first kappa shape index (κ1) is 13.7. The first-order valence-corrected chi connectivity index (χ1v) is 5.47. The lowest BCUT2D eigenvalue weighted by Crippen LogP contribution is -2.12. The molecule has 104 valence electrons. The molecule has 20 heavy (non-hydrogen) atoms. The Morgan fingerprint density at radius 3 is 2.50 bits per heavy atom. The number of carboxylic acid groups (broad SMARTS) is 1. The first-order chi connectivity index (χ1) is 9.38. The minimum atomic E-state index is -1.26. The molecule has 2 rings (SSSR count). The molecule has 1 aromatic carbocycles. The van der Waals surface area contributed by atoms with E-state index in [9.17, 15) is 18.4 Å². The maximum atomic E-state index is 13.5. The van der Waals surface area contributed by atoms with E-state index in [-0.39, 0.29) is 22.6 Å². The van der Waals surface area contributed by atoms with E-state index in [0.717, 1.165) is 24.5 Å². The van der Waals surface area contributed by atoms with Crippen LogP contribution in [0.2, 0.25) is 0 Å². The molecule has 0 aliphatic rings. The molecular formula is C13H9F2NO4. The summed E-state index contributed by atoms with van der Waals surface area (Å²) in [4.78, 5) is 22.3. The molecule has 1 heterocycles. The van der Waals surface area contributed by atoms with Gasteiger partial charge in [0, 0.05) is 12.1 Å². The number of aromatic carboxylic acids is 1. The van der Waals surface area contributed by atoms with E-state index in [1.54, 1.807) is 0 Å². The number of nitrogens with one attached hydrogen (secondary N) is 1. The highest BCUT2D eigenvalue weighted by molar-refractivity contribution is 6.03. The molecule has 5 nitrogen and oxygen atoms in total. The molecule has 1 aromatic heterocycles. The predicted octanol–water partition coefficient (Wildman–Crippen LogP) is 2.82. The second-order valence-corrected chi connectivity index (χ2v) is 4.04. The van der Waals surface area contributed by atoms with Crippen LogP contribution in [0, 0.1) is 18.6 Å². The molecule has 0 fully saturated rings. The summed E-state index contributed by atoms with van der Waals surface area (Å²) in [6, 6.07) is 2.76. The molecule has 0 bridgehead atoms. The van der Waals surface area contributed by atoms with E-state index in [4.69, 9.17) is 9.52 Å². The van der Waals surface area contributed by atoms with Crippen molar-refractivity contribution < 1.29 is 27.9 Å². The molecule has 0 aliphatic heterocycles. The quantitative estimate of drug-likeness (QED) is 0.906. The van der Waals surface area contributed by atoms with Crippen LogP contribution in [0.4, 0.5) is 14.5 Å². The highest BCUT2D eigenvalue weighted by Crippen LogP contribution is 2.20. The van der Waals surface area contributed by atoms with Gasteiger partial charge in [0.05, 0.1) is 11.3 Å². The van der Waals surface area contributed by atoms with Crippen molar-refractivity contribution in [2.75, 3.05) is 5.32 Å². The summed E-state index contributed by atoms with van der Waals surface area (Å²) < 4.78 is 31.6. The number of benzene rings is 1. The number of rotatable bonds is 3. The minimum Gasteiger partial charge on any atom is -0.478 e. The molecule has 0 saturated carbocycles. The van der Waals surface area contributed by atoms with Crippen LogP contribution in [0.1, 0.15) is 26.5 Å². The zero-order valence-electron chi connectivity index (χ0n) is 10.2. The standard InChI is InChI=1S/C13H9F2NO4/c1-6-2-9(15)10(4-8(6)14)16-12(17)11-3-7(5-20-11)13(18)19/h2-5H,1H3,(H,16,17)(H,18,19). The molecule has 0 aliphatic carbocycles. The lowest BCUT2D eigenvalue weighted by atomic mass is 10.2. The SMILES string of the molecule is Cc1cc(F)c(NC(=O)c2cc(C(=O)O)co2)cc1F. The highest BCUT2D eigenvalue weighted by atomic mass is 19.1. The van der Waals surface area contributed by atoms with Gasteiger partial charge in [-0.25, -0.2) is 13.6 Å². The van der Waals surface area contributed by atoms with Gasteiger partial charge in [-0.2, -0.15) is 0 Å². The molecule has 7 heteroatoms. The second-order valence-electron chi connectivity index (χ2n) is 4.04. The summed E-state index contributed by atoms with van der Waals surface area (Å²) in [5, 5.41) is 10.8. The Bertz CT molecular complexity index is 694. The smallest absolute Gasteiger partial charge is 0.338 e. The summed E-state index contributed by atoms with van der Waals surface area (Å²) in [6.45, 7) is 1.38. The zero-order valence-corrected chi connectivity index (χ0v) is 10.2. The van der Waals surface area contributed by atoms with E-state index in [1.165, 1.54) is 6.92 Å². The topological polar surface area (TPSA) is 79.5 Å². The zero-order chi connectivity index (χ0) is 14.9. The van der Waals surface area contributed by atoms with Gasteiger partial charge in [0.25, 0.3) is 5.91 Å². The van der Waals surface area contributed by atoms with Crippen molar-refractivity contribution in [3.8, 4) is 0 Å². The molecule has 0 spiro atoms. The molecule has 2 N–H and O–H groups in total. The summed E-state index contributed by atoms with van der Waals surface area (Å²) >= 11 is 0. The van der Waals surface area contributed by atoms with Gasteiger partial charge in [-0.3, -0.25) is 4.79 Å². The molecule has 0 unspecified atom stereocenters. The number of halogens is 2. The maximum absolute atomic E-state index is 13.5. The largest absolute Gasteiger partial charge is 0.478 e. The van der Waals surface area contributed by atoms with Gasteiger partial charge in [-0.05, 0) is 18.6 Å². The number of carbonyl (C=O) groups excluding carboxylic acids is 1. The lowest BCUT2D eigenvalue weighted by molar-refractivity contribution is 0.0696. The third-order valence-electron chi connectivity index (χ3n) is 2.57. The van der Waals surface area contributed by atoms with Gasteiger partial charge >= 0.3 is 5.97 Å². The Morgan fingerprint density at radius 2 is 1.90 bits per heavy atom. The number of furan rings is 1. The van der Waals surface area contributed by atoms with Crippen LogP contribution in [0.3, 0.4) is 0 Å². The van der Waals surface area contributed by atoms with E-state index >= 15 is 0 Å². The number of carboxylic acids is 1. The Labute approximate surface area is 111 Å². The van der Waals surface area contributed by atoms with Gasteiger partial charge in [0.1, 0.15) is 17.9 Å². The van der Waals surface area contributed by atoms with Gasteiger partial charge in [-0.1, -0.05) is 0 Å². The summed E-state index contributed by atoms with van der Waals surface area (Å²) in [5.41, 5.74) is -0.469. The molecule has 0 radical (unpaired) electrons. The highest BCUT2D eigenvalue weighted by Gasteiger charge is 2.17. The Kier molecular flexibility index (Phi) is 3.51. The van der Waals surface area contributed by atoms with Gasteiger partial charge in [0.2, 0.25) is 0 Å². The van der Waals surface area contributed by atoms with Crippen molar-refractivity contribution in [1.82, 2.24) is 0 Å². The number of hydrogen-bond acceptors (Lipinski definition) is 3. The van der Waals surface area contributed by atoms with Crippen LogP contribution >= 0.6 is 0 Å². The molecule has 0 saturated heterocycles. The van der Waals surface area contributed by atoms with E-state index in [1.807, 2.05) is 0 Å². The number of aryl methyl sites for hydroxylation is 1.